The highest BCUT2D eigenvalue weighted by Crippen LogP contribution is 2.43. The van der Waals surface area contributed by atoms with E-state index in [0.29, 0.717) is 12.8 Å². The van der Waals surface area contributed by atoms with Gasteiger partial charge in [-0.15, -0.1) is 0 Å². The fourth-order valence-corrected chi connectivity index (χ4v) is 10.1. The van der Waals surface area contributed by atoms with Gasteiger partial charge in [0.1, 0.15) is 30.8 Å². The molecule has 0 fully saturated rings. The maximum absolute atomic E-state index is 13.6. The highest BCUT2D eigenvalue weighted by atomic mass is 31.2. The number of primary amides is 1. The van der Waals surface area contributed by atoms with Crippen LogP contribution in [0.3, 0.4) is 0 Å². The molecule has 0 aliphatic rings. The summed E-state index contributed by atoms with van der Waals surface area (Å²) in [5.74, 6) is -10.1. The average Bonchev–Trinajstić information content (AvgIpc) is 3.66. The Kier molecular flexibility index (Phi) is 50.5. The van der Waals surface area contributed by atoms with Gasteiger partial charge in [-0.25, -0.2) is 4.57 Å². The standard InChI is InChI=1S/C65H115N6O18P/c1-7-9-11-13-15-17-19-21-23-25-27-29-31-33-35-37-58(78)86-47-51(89-59(79)38-36-34-32-30-28-26-24-22-20-18-16-14-12-10-8-2)48-88-90(84,85)87-46-45-67-54(72)41-42-55(73)70-60(49(3)4)64(82)69-53(40-44-57(76)77)63(81)71-61(50(5)6)65(83)68-52(62(66)80)39-43-56(74)75/h21-24,49-53,60-61H,7-20,25-48H2,1-6H3,(H2,66,80)(H,67,72)(H,68,83)(H,69,82)(H,70,73)(H,71,81)(H,74,75)(H,76,77)(H,84,85)/b23-21-,24-22-/t51-,52+,53+,60+,61+/m1/s1. The van der Waals surface area contributed by atoms with Crippen molar-refractivity contribution in [2.24, 2.45) is 17.6 Å². The van der Waals surface area contributed by atoms with Crippen molar-refractivity contribution in [2.75, 3.05) is 26.4 Å². The quantitative estimate of drug-likeness (QED) is 0.0118. The molecular formula is C65H115N6O18P. The Bertz CT molecular complexity index is 2180. The van der Waals surface area contributed by atoms with Crippen molar-refractivity contribution in [3.8, 4) is 0 Å². The molecule has 0 saturated carbocycles. The van der Waals surface area contributed by atoms with Crippen molar-refractivity contribution in [3.63, 3.8) is 0 Å². The Morgan fingerprint density at radius 1 is 0.467 bits per heavy atom. The highest BCUT2D eigenvalue weighted by Gasteiger charge is 2.34. The maximum atomic E-state index is 13.6. The molecule has 6 atom stereocenters. The molecule has 0 radical (unpaired) electrons. The number of phosphoric ester groups is 1. The van der Waals surface area contributed by atoms with Crippen LogP contribution in [0.1, 0.15) is 260 Å². The summed E-state index contributed by atoms with van der Waals surface area (Å²) in [6.45, 7) is 8.82. The molecule has 0 aromatic rings. The Labute approximate surface area is 536 Å². The molecule has 518 valence electrons. The normalized spacial score (nSPS) is 13.9. The average molecular weight is 1300 g/mol. The summed E-state index contributed by atoms with van der Waals surface area (Å²) in [5.41, 5.74) is 5.35. The van der Waals surface area contributed by atoms with Crippen molar-refractivity contribution in [1.82, 2.24) is 26.6 Å². The number of aliphatic carboxylic acids is 2. The topological polar surface area (TPSA) is 372 Å². The SMILES string of the molecule is CCCCCCCC/C=C\CCCCCCCC(=O)OC[C@H](COP(=O)(O)OCCNC(=O)CCC(=O)N[C@H](C(=O)N[C@@H](CCC(=O)O)C(=O)N[C@H](C(=O)N[C@@H](CCC(=O)O)C(N)=O)C(C)C)C(C)C)OC(=O)CCCCCCC/C=C\CCCCCCCC. The van der Waals surface area contributed by atoms with Gasteiger partial charge in [0.2, 0.25) is 35.4 Å². The van der Waals surface area contributed by atoms with E-state index in [0.717, 1.165) is 77.0 Å². The first kappa shape index (κ1) is 84.3. The van der Waals surface area contributed by atoms with Gasteiger partial charge in [-0.1, -0.05) is 169 Å². The number of unbranched alkanes of at least 4 members (excludes halogenated alkanes) is 22. The van der Waals surface area contributed by atoms with Crippen LogP contribution in [0, 0.1) is 11.8 Å². The van der Waals surface area contributed by atoms with E-state index in [1.165, 1.54) is 77.0 Å². The summed E-state index contributed by atoms with van der Waals surface area (Å²) in [5, 5.41) is 30.6. The Hall–Kier alpha value is -5.71. The zero-order chi connectivity index (χ0) is 67.4. The van der Waals surface area contributed by atoms with E-state index >= 15 is 0 Å². The van der Waals surface area contributed by atoms with Crippen molar-refractivity contribution < 1.29 is 86.1 Å². The molecule has 0 aromatic carbocycles. The predicted molar refractivity (Wildman–Crippen MR) is 344 cm³/mol. The lowest BCUT2D eigenvalue weighted by atomic mass is 10.00. The summed E-state index contributed by atoms with van der Waals surface area (Å²) >= 11 is 0. The molecule has 0 bridgehead atoms. The number of carbonyl (C=O) groups excluding carboxylic acids is 8. The molecule has 0 aliphatic carbocycles. The third-order valence-corrected chi connectivity index (χ3v) is 15.8. The van der Waals surface area contributed by atoms with Crippen LogP contribution in [0.5, 0.6) is 0 Å². The molecule has 6 amide bonds. The van der Waals surface area contributed by atoms with Crippen LogP contribution in [-0.4, -0.2) is 131 Å². The number of carboxylic acid groups (broad SMARTS) is 2. The second-order valence-corrected chi connectivity index (χ2v) is 25.3. The third-order valence-electron chi connectivity index (χ3n) is 14.8. The van der Waals surface area contributed by atoms with Gasteiger partial charge in [0, 0.05) is 45.1 Å². The largest absolute Gasteiger partial charge is 0.481 e. The van der Waals surface area contributed by atoms with E-state index in [2.05, 4.69) is 64.7 Å². The van der Waals surface area contributed by atoms with Crippen molar-refractivity contribution in [2.45, 2.75) is 290 Å². The Morgan fingerprint density at radius 3 is 1.33 bits per heavy atom. The monoisotopic (exact) mass is 1300 g/mol. The number of esters is 2. The van der Waals surface area contributed by atoms with Gasteiger partial charge < -0.3 is 56.9 Å². The number of hydrogen-bond acceptors (Lipinski definition) is 15. The summed E-state index contributed by atoms with van der Waals surface area (Å²) in [6, 6.07) is -5.56. The minimum absolute atomic E-state index is 0.0883. The fraction of sp³-hybridized carbons (Fsp3) is 0.785. The number of carboxylic acids is 2. The number of nitrogens with two attached hydrogens (primary N) is 1. The highest BCUT2D eigenvalue weighted by molar-refractivity contribution is 7.47. The molecule has 0 rings (SSSR count). The minimum atomic E-state index is -4.82. The van der Waals surface area contributed by atoms with Gasteiger partial charge >= 0.3 is 31.7 Å². The summed E-state index contributed by atoms with van der Waals surface area (Å²) in [4.78, 5) is 137. The Balaban J connectivity index is 5.34. The fourth-order valence-electron chi connectivity index (χ4n) is 9.36. The number of amides is 6. The van der Waals surface area contributed by atoms with E-state index in [9.17, 15) is 62.5 Å². The van der Waals surface area contributed by atoms with E-state index < -0.39 is 161 Å². The van der Waals surface area contributed by atoms with Gasteiger partial charge in [-0.2, -0.15) is 0 Å². The molecule has 0 heterocycles. The minimum Gasteiger partial charge on any atom is -0.481 e. The van der Waals surface area contributed by atoms with Gasteiger partial charge in [0.05, 0.1) is 13.2 Å². The predicted octanol–water partition coefficient (Wildman–Crippen LogP) is 10.0. The lowest BCUT2D eigenvalue weighted by Gasteiger charge is -2.28. The third kappa shape index (κ3) is 48.1. The summed E-state index contributed by atoms with van der Waals surface area (Å²) in [7, 11) is -4.82. The van der Waals surface area contributed by atoms with E-state index in [4.69, 9.17) is 29.4 Å². The molecule has 1 unspecified atom stereocenters. The molecule has 0 spiro atoms. The van der Waals surface area contributed by atoms with Crippen LogP contribution >= 0.6 is 7.82 Å². The first-order chi connectivity index (χ1) is 42.9. The smallest absolute Gasteiger partial charge is 0.472 e. The van der Waals surface area contributed by atoms with Gasteiger partial charge in [-0.05, 0) is 88.9 Å². The van der Waals surface area contributed by atoms with Crippen molar-refractivity contribution in [3.05, 3.63) is 24.3 Å². The molecule has 24 nitrogen and oxygen atoms in total. The first-order valence-electron chi connectivity index (χ1n) is 33.4. The number of hydrogen-bond donors (Lipinski definition) is 9. The lowest BCUT2D eigenvalue weighted by molar-refractivity contribution is -0.161. The van der Waals surface area contributed by atoms with Crippen LogP contribution < -0.4 is 32.3 Å². The summed E-state index contributed by atoms with van der Waals surface area (Å²) in [6.07, 6.45) is 34.0. The molecule has 25 heteroatoms. The zero-order valence-corrected chi connectivity index (χ0v) is 56.1. The second kappa shape index (κ2) is 53.9. The summed E-state index contributed by atoms with van der Waals surface area (Å²) < 4.78 is 34.1. The van der Waals surface area contributed by atoms with Gasteiger partial charge in [0.25, 0.3) is 0 Å². The van der Waals surface area contributed by atoms with Crippen LogP contribution in [0.4, 0.5) is 0 Å². The Morgan fingerprint density at radius 2 is 0.878 bits per heavy atom. The van der Waals surface area contributed by atoms with Crippen molar-refractivity contribution >= 4 is 67.1 Å². The molecule has 0 aromatic heterocycles. The number of nitrogens with one attached hydrogen (secondary N) is 5. The number of rotatable bonds is 59. The lowest BCUT2D eigenvalue weighted by Crippen LogP contribution is -2.59. The zero-order valence-electron chi connectivity index (χ0n) is 55.2. The van der Waals surface area contributed by atoms with Crippen LogP contribution in [-0.2, 0) is 71.0 Å². The van der Waals surface area contributed by atoms with Gasteiger partial charge in [-0.3, -0.25) is 57.0 Å². The molecular weight excluding hydrogens is 1180 g/mol. The molecule has 10 N–H and O–H groups in total. The van der Waals surface area contributed by atoms with Gasteiger partial charge in [0.15, 0.2) is 6.10 Å². The van der Waals surface area contributed by atoms with Crippen molar-refractivity contribution in [1.29, 1.82) is 0 Å². The number of ether oxygens (including phenoxy) is 2. The van der Waals surface area contributed by atoms with E-state index in [1.807, 2.05) is 0 Å². The number of allylic oxidation sites excluding steroid dienone is 4. The second-order valence-electron chi connectivity index (χ2n) is 23.8. The maximum Gasteiger partial charge on any atom is 0.472 e. The van der Waals surface area contributed by atoms with E-state index in [1.54, 1.807) is 27.7 Å². The molecule has 90 heavy (non-hydrogen) atoms. The molecule has 0 aliphatic heterocycles. The van der Waals surface area contributed by atoms with Crippen LogP contribution in [0.15, 0.2) is 24.3 Å². The van der Waals surface area contributed by atoms with Crippen LogP contribution in [0.2, 0.25) is 0 Å². The first-order valence-corrected chi connectivity index (χ1v) is 34.9. The number of phosphoric acid groups is 1. The van der Waals surface area contributed by atoms with Crippen LogP contribution in [0.25, 0.3) is 0 Å². The molecule has 0 saturated heterocycles. The number of carbonyl (C=O) groups is 10. The van der Waals surface area contributed by atoms with E-state index in [-0.39, 0.29) is 25.8 Å².